The third kappa shape index (κ3) is 3.77. The molecule has 1 aromatic carbocycles. The standard InChI is InChI=1S/C17H16FN5O2S/c1-2-8-19-15(24)16(25)20-9-7-11-10-26-17-21-14(22-23(11)17)12-5-3-4-6-13(12)18/h2-6,10H,1,7-9H2,(H,19,24)(H,20,25). The maximum atomic E-state index is 13.9. The van der Waals surface area contributed by atoms with Gasteiger partial charge in [0.05, 0.1) is 11.3 Å². The van der Waals surface area contributed by atoms with Gasteiger partial charge < -0.3 is 10.6 Å². The highest BCUT2D eigenvalue weighted by molar-refractivity contribution is 7.15. The van der Waals surface area contributed by atoms with E-state index in [1.54, 1.807) is 22.7 Å². The van der Waals surface area contributed by atoms with Crippen molar-refractivity contribution in [3.63, 3.8) is 0 Å². The van der Waals surface area contributed by atoms with Crippen LogP contribution in [0.25, 0.3) is 16.3 Å². The second-order valence-electron chi connectivity index (χ2n) is 5.34. The molecule has 0 unspecified atom stereocenters. The van der Waals surface area contributed by atoms with E-state index in [-0.39, 0.29) is 18.9 Å². The van der Waals surface area contributed by atoms with E-state index in [0.717, 1.165) is 5.69 Å². The summed E-state index contributed by atoms with van der Waals surface area (Å²) in [6, 6.07) is 6.31. The summed E-state index contributed by atoms with van der Waals surface area (Å²) in [7, 11) is 0. The van der Waals surface area contributed by atoms with Crippen LogP contribution in [0, 0.1) is 5.82 Å². The molecule has 3 rings (SSSR count). The predicted octanol–water partition coefficient (Wildman–Crippen LogP) is 1.56. The Bertz CT molecular complexity index is 965. The van der Waals surface area contributed by atoms with Gasteiger partial charge in [-0.05, 0) is 12.1 Å². The smallest absolute Gasteiger partial charge is 0.309 e. The van der Waals surface area contributed by atoms with Gasteiger partial charge in [-0.2, -0.15) is 4.98 Å². The highest BCUT2D eigenvalue weighted by atomic mass is 32.1. The minimum atomic E-state index is -0.706. The van der Waals surface area contributed by atoms with E-state index in [0.29, 0.717) is 22.8 Å². The molecule has 2 amide bonds. The fourth-order valence-corrected chi connectivity index (χ4v) is 3.14. The van der Waals surface area contributed by atoms with Gasteiger partial charge >= 0.3 is 11.8 Å². The Kier molecular flexibility index (Phi) is 5.37. The van der Waals surface area contributed by atoms with Gasteiger partial charge in [0.25, 0.3) is 0 Å². The summed E-state index contributed by atoms with van der Waals surface area (Å²) in [6.07, 6.45) is 1.95. The fraction of sp³-hybridized carbons (Fsp3) is 0.176. The molecule has 3 aromatic rings. The zero-order valence-corrected chi connectivity index (χ0v) is 14.6. The largest absolute Gasteiger partial charge is 0.347 e. The van der Waals surface area contributed by atoms with Crippen molar-refractivity contribution in [3.8, 4) is 11.4 Å². The highest BCUT2D eigenvalue weighted by Crippen LogP contribution is 2.23. The lowest BCUT2D eigenvalue weighted by atomic mass is 10.2. The second kappa shape index (κ2) is 7.87. The molecule has 0 aliphatic heterocycles. The highest BCUT2D eigenvalue weighted by Gasteiger charge is 2.15. The number of carbonyl (C=O) groups is 2. The average Bonchev–Trinajstić information content (AvgIpc) is 3.21. The van der Waals surface area contributed by atoms with Crippen LogP contribution in [0.5, 0.6) is 0 Å². The molecule has 0 aliphatic carbocycles. The van der Waals surface area contributed by atoms with Crippen LogP contribution in [-0.2, 0) is 16.0 Å². The Balaban J connectivity index is 1.66. The molecule has 0 radical (unpaired) electrons. The number of hydrogen-bond donors (Lipinski definition) is 2. The first-order chi connectivity index (χ1) is 12.6. The van der Waals surface area contributed by atoms with Crippen LogP contribution in [0.3, 0.4) is 0 Å². The third-order valence-corrected chi connectivity index (χ3v) is 4.41. The van der Waals surface area contributed by atoms with Gasteiger partial charge in [0.2, 0.25) is 4.96 Å². The number of benzene rings is 1. The Hall–Kier alpha value is -3.07. The number of rotatable bonds is 6. The van der Waals surface area contributed by atoms with Gasteiger partial charge in [0, 0.05) is 24.9 Å². The Labute approximate surface area is 152 Å². The summed E-state index contributed by atoms with van der Waals surface area (Å²) < 4.78 is 15.5. The zero-order chi connectivity index (χ0) is 18.5. The first-order valence-electron chi connectivity index (χ1n) is 7.85. The van der Waals surface area contributed by atoms with Crippen molar-refractivity contribution in [3.05, 3.63) is 53.8 Å². The van der Waals surface area contributed by atoms with Crippen molar-refractivity contribution in [2.45, 2.75) is 6.42 Å². The molecular formula is C17H16FN5O2S. The number of halogens is 1. The van der Waals surface area contributed by atoms with Crippen LogP contribution < -0.4 is 10.6 Å². The molecule has 9 heteroatoms. The Morgan fingerprint density at radius 1 is 1.27 bits per heavy atom. The molecule has 134 valence electrons. The van der Waals surface area contributed by atoms with Crippen LogP contribution >= 0.6 is 11.3 Å². The molecule has 0 atom stereocenters. The van der Waals surface area contributed by atoms with E-state index in [4.69, 9.17) is 0 Å². The van der Waals surface area contributed by atoms with E-state index < -0.39 is 11.8 Å². The molecule has 26 heavy (non-hydrogen) atoms. The van der Waals surface area contributed by atoms with Gasteiger partial charge in [-0.15, -0.1) is 23.0 Å². The molecule has 0 spiro atoms. The van der Waals surface area contributed by atoms with Gasteiger partial charge in [0.15, 0.2) is 5.82 Å². The predicted molar refractivity (Wildman–Crippen MR) is 96.2 cm³/mol. The summed E-state index contributed by atoms with van der Waals surface area (Å²) >= 11 is 1.38. The number of fused-ring (bicyclic) bond motifs is 1. The summed E-state index contributed by atoms with van der Waals surface area (Å²) in [6.45, 7) is 3.96. The monoisotopic (exact) mass is 373 g/mol. The molecule has 0 saturated heterocycles. The Morgan fingerprint density at radius 3 is 2.81 bits per heavy atom. The number of thiazole rings is 1. The summed E-state index contributed by atoms with van der Waals surface area (Å²) in [5, 5.41) is 11.2. The van der Waals surface area contributed by atoms with Crippen molar-refractivity contribution in [2.75, 3.05) is 13.1 Å². The van der Waals surface area contributed by atoms with Gasteiger partial charge in [-0.3, -0.25) is 9.59 Å². The normalized spacial score (nSPS) is 10.7. The quantitative estimate of drug-likeness (QED) is 0.507. The van der Waals surface area contributed by atoms with Crippen LogP contribution in [0.2, 0.25) is 0 Å². The topological polar surface area (TPSA) is 88.4 Å². The van der Waals surface area contributed by atoms with Crippen molar-refractivity contribution >= 4 is 28.1 Å². The minimum absolute atomic E-state index is 0.231. The zero-order valence-electron chi connectivity index (χ0n) is 13.7. The first kappa shape index (κ1) is 17.7. The van der Waals surface area contributed by atoms with Crippen molar-refractivity contribution < 1.29 is 14.0 Å². The van der Waals surface area contributed by atoms with Crippen LogP contribution in [0.4, 0.5) is 4.39 Å². The summed E-state index contributed by atoms with van der Waals surface area (Å²) in [4.78, 5) is 28.1. The fourth-order valence-electron chi connectivity index (χ4n) is 2.28. The van der Waals surface area contributed by atoms with E-state index in [1.165, 1.54) is 23.5 Å². The maximum Gasteiger partial charge on any atom is 0.309 e. The van der Waals surface area contributed by atoms with E-state index in [1.807, 2.05) is 5.38 Å². The number of amides is 2. The molecule has 0 fully saturated rings. The lowest BCUT2D eigenvalue weighted by Gasteiger charge is -2.04. The van der Waals surface area contributed by atoms with Crippen molar-refractivity contribution in [2.24, 2.45) is 0 Å². The Morgan fingerprint density at radius 2 is 2.04 bits per heavy atom. The van der Waals surface area contributed by atoms with Gasteiger partial charge in [0.1, 0.15) is 5.82 Å². The average molecular weight is 373 g/mol. The van der Waals surface area contributed by atoms with Crippen molar-refractivity contribution in [1.29, 1.82) is 0 Å². The lowest BCUT2D eigenvalue weighted by Crippen LogP contribution is -2.40. The molecule has 0 bridgehead atoms. The number of nitrogens with one attached hydrogen (secondary N) is 2. The molecule has 2 heterocycles. The van der Waals surface area contributed by atoms with Crippen molar-refractivity contribution in [1.82, 2.24) is 25.2 Å². The number of aromatic nitrogens is 3. The van der Waals surface area contributed by atoms with Crippen LogP contribution in [-0.4, -0.2) is 39.5 Å². The molecule has 0 saturated carbocycles. The number of nitrogens with zero attached hydrogens (tertiary/aromatic N) is 3. The third-order valence-electron chi connectivity index (χ3n) is 3.54. The molecule has 2 aromatic heterocycles. The molecule has 0 aliphatic rings. The summed E-state index contributed by atoms with van der Waals surface area (Å²) in [5.74, 6) is -1.49. The molecule has 2 N–H and O–H groups in total. The van der Waals surface area contributed by atoms with E-state index >= 15 is 0 Å². The second-order valence-corrected chi connectivity index (χ2v) is 6.18. The SMILES string of the molecule is C=CCNC(=O)C(=O)NCCc1csc2nc(-c3ccccc3F)nn12. The molecular weight excluding hydrogens is 357 g/mol. The van der Waals surface area contributed by atoms with E-state index in [9.17, 15) is 14.0 Å². The number of hydrogen-bond acceptors (Lipinski definition) is 5. The minimum Gasteiger partial charge on any atom is -0.347 e. The van der Waals surface area contributed by atoms with E-state index in [2.05, 4.69) is 27.3 Å². The summed E-state index contributed by atoms with van der Waals surface area (Å²) in [5.41, 5.74) is 1.15. The van der Waals surface area contributed by atoms with Crippen LogP contribution in [0.1, 0.15) is 5.69 Å². The lowest BCUT2D eigenvalue weighted by molar-refractivity contribution is -0.139. The molecule has 7 nitrogen and oxygen atoms in total. The maximum absolute atomic E-state index is 13.9. The van der Waals surface area contributed by atoms with Crippen LogP contribution in [0.15, 0.2) is 42.3 Å². The number of carbonyl (C=O) groups excluding carboxylic acids is 2. The van der Waals surface area contributed by atoms with Gasteiger partial charge in [-0.1, -0.05) is 18.2 Å². The first-order valence-corrected chi connectivity index (χ1v) is 8.73. The van der Waals surface area contributed by atoms with Gasteiger partial charge in [-0.25, -0.2) is 8.91 Å².